The Morgan fingerprint density at radius 3 is 2.61 bits per heavy atom. The number of carbonyl (C=O) groups excluding carboxylic acids is 1. The Balaban J connectivity index is 2.80. The topological polar surface area (TPSA) is 92.2 Å². The summed E-state index contributed by atoms with van der Waals surface area (Å²) in [7, 11) is 0. The fourth-order valence-corrected chi connectivity index (χ4v) is 2.23. The van der Waals surface area contributed by atoms with Crippen molar-refractivity contribution in [1.82, 2.24) is 14.9 Å². The van der Waals surface area contributed by atoms with Crippen molar-refractivity contribution in [2.24, 2.45) is 0 Å². The lowest BCUT2D eigenvalue weighted by atomic mass is 10.1. The molecule has 1 aromatic heterocycles. The van der Waals surface area contributed by atoms with Crippen molar-refractivity contribution in [2.75, 3.05) is 0 Å². The molecule has 6 nitrogen and oxygen atoms in total. The first-order valence-electron chi connectivity index (χ1n) is 5.83. The first kappa shape index (κ1) is 14.6. The van der Waals surface area contributed by atoms with Gasteiger partial charge in [0.25, 0.3) is 5.91 Å². The minimum absolute atomic E-state index is 0.0824. The third-order valence-corrected chi connectivity index (χ3v) is 3.19. The van der Waals surface area contributed by atoms with Gasteiger partial charge in [0.15, 0.2) is 0 Å². The van der Waals surface area contributed by atoms with Gasteiger partial charge in [0.05, 0.1) is 5.69 Å². The Morgan fingerprint density at radius 1 is 1.44 bits per heavy atom. The van der Waals surface area contributed by atoms with Crippen molar-refractivity contribution < 1.29 is 14.7 Å². The molecule has 1 rings (SSSR count). The fraction of sp³-hybridized carbons (Fsp3) is 0.636. The van der Waals surface area contributed by atoms with Crippen LogP contribution in [0.5, 0.6) is 0 Å². The quantitative estimate of drug-likeness (QED) is 0.820. The van der Waals surface area contributed by atoms with E-state index in [0.29, 0.717) is 23.4 Å². The largest absolute Gasteiger partial charge is 0.480 e. The minimum Gasteiger partial charge on any atom is -0.480 e. The molecule has 18 heavy (non-hydrogen) atoms. The number of amides is 1. The lowest BCUT2D eigenvalue weighted by Crippen LogP contribution is -2.40. The predicted octanol–water partition coefficient (Wildman–Crippen LogP) is 1.64. The molecule has 0 spiro atoms. The highest BCUT2D eigenvalue weighted by atomic mass is 32.1. The number of carbonyl (C=O) groups is 2. The highest BCUT2D eigenvalue weighted by molar-refractivity contribution is 7.08. The highest BCUT2D eigenvalue weighted by Crippen LogP contribution is 2.19. The SMILES string of the molecule is CCC[C@H](NC(=O)c1snnc1C(C)C)C(=O)O. The molecule has 0 aliphatic carbocycles. The van der Waals surface area contributed by atoms with Crippen molar-refractivity contribution in [3.63, 3.8) is 0 Å². The number of nitrogens with zero attached hydrogens (tertiary/aromatic N) is 2. The fourth-order valence-electron chi connectivity index (χ4n) is 1.50. The molecule has 7 heteroatoms. The average Bonchev–Trinajstić information content (AvgIpc) is 2.77. The lowest BCUT2D eigenvalue weighted by Gasteiger charge is -2.13. The molecule has 0 aliphatic rings. The van der Waals surface area contributed by atoms with E-state index in [1.807, 2.05) is 20.8 Å². The van der Waals surface area contributed by atoms with E-state index in [9.17, 15) is 9.59 Å². The molecular formula is C11H17N3O3S. The standard InChI is InChI=1S/C11H17N3O3S/c1-4-5-7(11(16)17)12-10(15)9-8(6(2)3)13-14-18-9/h6-7H,4-5H2,1-3H3,(H,12,15)(H,16,17)/t7-/m0/s1. The molecule has 0 saturated heterocycles. The van der Waals surface area contributed by atoms with Crippen molar-refractivity contribution in [3.05, 3.63) is 10.6 Å². The van der Waals surface area contributed by atoms with Gasteiger partial charge in [0.2, 0.25) is 0 Å². The van der Waals surface area contributed by atoms with Crippen LogP contribution in [0.2, 0.25) is 0 Å². The van der Waals surface area contributed by atoms with Crippen molar-refractivity contribution >= 4 is 23.4 Å². The van der Waals surface area contributed by atoms with Gasteiger partial charge < -0.3 is 10.4 Å². The van der Waals surface area contributed by atoms with Gasteiger partial charge in [-0.15, -0.1) is 5.10 Å². The van der Waals surface area contributed by atoms with Crippen LogP contribution in [0.25, 0.3) is 0 Å². The summed E-state index contributed by atoms with van der Waals surface area (Å²) >= 11 is 0.992. The van der Waals surface area contributed by atoms with Crippen LogP contribution in [0.15, 0.2) is 0 Å². The first-order chi connectivity index (χ1) is 8.47. The monoisotopic (exact) mass is 271 g/mol. The zero-order chi connectivity index (χ0) is 13.7. The third-order valence-electron chi connectivity index (χ3n) is 2.45. The van der Waals surface area contributed by atoms with Gasteiger partial charge in [-0.3, -0.25) is 4.79 Å². The Kier molecular flexibility index (Phi) is 5.21. The van der Waals surface area contributed by atoms with Gasteiger partial charge in [-0.25, -0.2) is 4.79 Å². The van der Waals surface area contributed by atoms with E-state index in [1.54, 1.807) is 0 Å². The normalized spacial score (nSPS) is 12.4. The number of rotatable bonds is 6. The summed E-state index contributed by atoms with van der Waals surface area (Å²) in [6.45, 7) is 5.69. The molecule has 1 atom stereocenters. The number of carboxylic acid groups (broad SMARTS) is 1. The minimum atomic E-state index is -1.02. The van der Waals surface area contributed by atoms with Gasteiger partial charge in [0.1, 0.15) is 10.9 Å². The molecule has 0 unspecified atom stereocenters. The second-order valence-electron chi connectivity index (χ2n) is 4.29. The van der Waals surface area contributed by atoms with Crippen LogP contribution in [0.1, 0.15) is 54.9 Å². The second-order valence-corrected chi connectivity index (χ2v) is 5.05. The Bertz CT molecular complexity index is 431. The van der Waals surface area contributed by atoms with Gasteiger partial charge in [-0.05, 0) is 23.9 Å². The van der Waals surface area contributed by atoms with Crippen molar-refractivity contribution in [2.45, 2.75) is 45.6 Å². The van der Waals surface area contributed by atoms with E-state index in [4.69, 9.17) is 5.11 Å². The Labute approximate surface area is 110 Å². The van der Waals surface area contributed by atoms with E-state index >= 15 is 0 Å². The molecule has 0 bridgehead atoms. The molecular weight excluding hydrogens is 254 g/mol. The summed E-state index contributed by atoms with van der Waals surface area (Å²) in [5.74, 6) is -1.35. The zero-order valence-electron chi connectivity index (χ0n) is 10.6. The van der Waals surface area contributed by atoms with E-state index in [2.05, 4.69) is 14.9 Å². The van der Waals surface area contributed by atoms with Crippen LogP contribution in [0, 0.1) is 0 Å². The van der Waals surface area contributed by atoms with Crippen molar-refractivity contribution in [1.29, 1.82) is 0 Å². The number of nitrogens with one attached hydrogen (secondary N) is 1. The Morgan fingerprint density at radius 2 is 2.11 bits per heavy atom. The second kappa shape index (κ2) is 6.44. The van der Waals surface area contributed by atoms with E-state index in [1.165, 1.54) is 0 Å². The summed E-state index contributed by atoms with van der Waals surface area (Å²) in [6, 6.07) is -0.857. The van der Waals surface area contributed by atoms with Gasteiger partial charge >= 0.3 is 5.97 Å². The van der Waals surface area contributed by atoms with Crippen LogP contribution in [-0.2, 0) is 4.79 Å². The van der Waals surface area contributed by atoms with Crippen LogP contribution >= 0.6 is 11.5 Å². The lowest BCUT2D eigenvalue weighted by molar-refractivity contribution is -0.139. The number of carboxylic acids is 1. The van der Waals surface area contributed by atoms with Gasteiger partial charge in [0, 0.05) is 0 Å². The van der Waals surface area contributed by atoms with Crippen LogP contribution in [0.4, 0.5) is 0 Å². The molecule has 0 aromatic carbocycles. The number of aliphatic carboxylic acids is 1. The number of hydrogen-bond acceptors (Lipinski definition) is 5. The predicted molar refractivity (Wildman–Crippen MR) is 67.8 cm³/mol. The summed E-state index contributed by atoms with van der Waals surface area (Å²) in [5, 5.41) is 15.4. The first-order valence-corrected chi connectivity index (χ1v) is 6.60. The van der Waals surface area contributed by atoms with E-state index in [-0.39, 0.29) is 5.92 Å². The van der Waals surface area contributed by atoms with E-state index < -0.39 is 17.9 Å². The third kappa shape index (κ3) is 3.49. The number of hydrogen-bond donors (Lipinski definition) is 2. The number of aromatic nitrogens is 2. The highest BCUT2D eigenvalue weighted by Gasteiger charge is 2.24. The molecule has 0 aliphatic heterocycles. The van der Waals surface area contributed by atoms with Gasteiger partial charge in [-0.2, -0.15) is 0 Å². The molecule has 100 valence electrons. The Hall–Kier alpha value is -1.50. The molecule has 1 amide bonds. The van der Waals surface area contributed by atoms with Crippen LogP contribution in [-0.4, -0.2) is 32.6 Å². The zero-order valence-corrected chi connectivity index (χ0v) is 11.5. The molecule has 1 aromatic rings. The maximum absolute atomic E-state index is 12.0. The van der Waals surface area contributed by atoms with Crippen LogP contribution in [0.3, 0.4) is 0 Å². The molecule has 0 radical (unpaired) electrons. The maximum atomic E-state index is 12.0. The molecule has 2 N–H and O–H groups in total. The summed E-state index contributed by atoms with van der Waals surface area (Å²) in [4.78, 5) is 23.3. The summed E-state index contributed by atoms with van der Waals surface area (Å²) < 4.78 is 3.75. The maximum Gasteiger partial charge on any atom is 0.326 e. The summed E-state index contributed by atoms with van der Waals surface area (Å²) in [5.41, 5.74) is 0.609. The van der Waals surface area contributed by atoms with E-state index in [0.717, 1.165) is 11.5 Å². The van der Waals surface area contributed by atoms with Gasteiger partial charge in [-0.1, -0.05) is 31.7 Å². The summed E-state index contributed by atoms with van der Waals surface area (Å²) in [6.07, 6.45) is 1.10. The van der Waals surface area contributed by atoms with Crippen LogP contribution < -0.4 is 5.32 Å². The molecule has 0 fully saturated rings. The van der Waals surface area contributed by atoms with Crippen molar-refractivity contribution in [3.8, 4) is 0 Å². The average molecular weight is 271 g/mol. The molecule has 1 heterocycles. The molecule has 0 saturated carbocycles. The smallest absolute Gasteiger partial charge is 0.326 e.